The first kappa shape index (κ1) is 77.1. The lowest BCUT2D eigenvalue weighted by Gasteiger charge is -1.96. The lowest BCUT2D eigenvalue weighted by Crippen LogP contribution is -2.05. The standard InChI is InChI=1S/C11H10ClNO2.C6H5ClIN.C3H4O3.CH4.S38/c1-2-15-11(14)10-5-7-3-4-8(12)6-9(7)13-10;7-4-1-2-5(8)6(9)3-4;1-2(4)3(5)6;;1-3-5-7-9-11-13-15-17-19-21-23-25-27-29-31-33-35-37-38-36-34-32-30-28-26-24-22-20-18-16-14-12-10-8-6-4-2/h3-6,13H,2H2,1H3;1-3H,9H2;1H3,(H,5,6);1H4;. The Balaban J connectivity index is 0. The van der Waals surface area contributed by atoms with Gasteiger partial charge >= 0.3 is 11.9 Å². The summed E-state index contributed by atoms with van der Waals surface area (Å²) in [6.45, 7) is 3.15. The second kappa shape index (κ2) is 58.7. The van der Waals surface area contributed by atoms with E-state index in [2.05, 4.69) is 27.6 Å². The van der Waals surface area contributed by atoms with Crippen LogP contribution in [0.1, 0.15) is 31.8 Å². The minimum absolute atomic E-state index is 0. The highest BCUT2D eigenvalue weighted by atomic mass is 127. The van der Waals surface area contributed by atoms with Crippen LogP contribution >= 0.6 is 45.8 Å². The van der Waals surface area contributed by atoms with Crippen LogP contribution in [0.2, 0.25) is 10.0 Å². The first-order valence-electron chi connectivity index (χ1n) is 14.6. The van der Waals surface area contributed by atoms with Gasteiger partial charge in [0, 0.05) is 379 Å². The van der Waals surface area contributed by atoms with Gasteiger partial charge in [-0.05, 0) is 65.9 Å². The van der Waals surface area contributed by atoms with Crippen molar-refractivity contribution in [3.05, 3.63) is 61.8 Å². The summed E-state index contributed by atoms with van der Waals surface area (Å²) in [4.78, 5) is 33.3. The quantitative estimate of drug-likeness (QED) is 0.132. The average Bonchev–Trinajstić information content (AvgIpc) is 3.75. The number of aromatic amines is 1. The smallest absolute Gasteiger partial charge is 0.371 e. The second-order valence-electron chi connectivity index (χ2n) is 8.11. The van der Waals surface area contributed by atoms with E-state index >= 15 is 0 Å². The molecule has 1 heterocycles. The molecule has 0 saturated heterocycles. The van der Waals surface area contributed by atoms with Crippen molar-refractivity contribution < 1.29 is 24.2 Å². The van der Waals surface area contributed by atoms with Crippen LogP contribution in [0, 0.1) is 3.57 Å². The highest BCUT2D eigenvalue weighted by molar-refractivity contribution is 14.1. The van der Waals surface area contributed by atoms with Crippen molar-refractivity contribution in [2.24, 2.45) is 0 Å². The number of Topliss-reactive ketones (excluding diaryl/α,β-unsaturated/α-hetero) is 1. The largest absolute Gasteiger partial charge is 0.476 e. The summed E-state index contributed by atoms with van der Waals surface area (Å²) in [5.41, 5.74) is 7.56. The molecular formula is C21H23Cl2IN2O5S38. The number of carboxylic acid groups (broad SMARTS) is 1. The van der Waals surface area contributed by atoms with Crippen molar-refractivity contribution in [1.82, 2.24) is 4.98 Å². The monoisotopic (exact) mass is 1790 g/mol. The van der Waals surface area contributed by atoms with E-state index in [0.717, 1.165) is 27.1 Å². The highest BCUT2D eigenvalue weighted by Gasteiger charge is 2.09. The maximum Gasteiger partial charge on any atom is 0.371 e. The van der Waals surface area contributed by atoms with Gasteiger partial charge in [-0.2, -0.15) is 0 Å². The van der Waals surface area contributed by atoms with Gasteiger partial charge in [-0.1, -0.05) is 36.7 Å². The third-order valence-corrected chi connectivity index (χ3v) is 83.5. The third-order valence-electron chi connectivity index (χ3n) is 4.31. The zero-order valence-electron chi connectivity index (χ0n) is 31.6. The topological polar surface area (TPSA) is 122 Å². The number of esters is 1. The zero-order chi connectivity index (χ0) is 50.3. The predicted octanol–water partition coefficient (Wildman–Crippen LogP) is 5.73. The molecule has 2 aromatic carbocycles. The Morgan fingerprint density at radius 3 is 1.12 bits per heavy atom. The number of nitrogen functional groups attached to an aromatic ring is 1. The molecule has 0 amide bonds. The zero-order valence-corrected chi connectivity index (χ0v) is 66.2. The van der Waals surface area contributed by atoms with E-state index in [0.29, 0.717) is 22.3 Å². The Morgan fingerprint density at radius 1 is 0.565 bits per heavy atom. The number of carbonyl (C=O) groups is 3. The van der Waals surface area contributed by atoms with Crippen LogP contribution < -0.4 is 5.73 Å². The minimum atomic E-state index is -1.38. The van der Waals surface area contributed by atoms with Crippen LogP contribution in [0.15, 0.2) is 42.5 Å². The van der Waals surface area contributed by atoms with Gasteiger partial charge in [0.15, 0.2) is 0 Å². The number of benzene rings is 2. The number of rotatable bonds is 3. The van der Waals surface area contributed by atoms with Gasteiger partial charge in [0.05, 0.1) is 6.61 Å². The number of ketones is 1. The molecule has 0 spiro atoms. The molecule has 1 aromatic heterocycles. The minimum Gasteiger partial charge on any atom is -0.476 e. The molecule has 0 bridgehead atoms. The summed E-state index contributed by atoms with van der Waals surface area (Å²) in [6, 6.07) is 12.6. The molecule has 48 heteroatoms. The molecule has 3 rings (SSSR count). The van der Waals surface area contributed by atoms with Crippen LogP contribution in [-0.4, -0.2) is 34.4 Å². The van der Waals surface area contributed by atoms with Crippen LogP contribution in [-0.2, 0) is 356 Å². The van der Waals surface area contributed by atoms with Crippen LogP contribution in [0.25, 0.3) is 10.9 Å². The van der Waals surface area contributed by atoms with E-state index in [-0.39, 0.29) is 13.4 Å². The van der Waals surface area contributed by atoms with Gasteiger partial charge in [0.25, 0.3) is 0 Å². The van der Waals surface area contributed by atoms with E-state index in [1.165, 1.54) is 17.8 Å². The first-order valence-corrected chi connectivity index (χ1v) is 65.8. The molecule has 4 N–H and O–H groups in total. The summed E-state index contributed by atoms with van der Waals surface area (Å²) in [7, 11) is 63.7. The van der Waals surface area contributed by atoms with Crippen LogP contribution in [0.3, 0.4) is 0 Å². The van der Waals surface area contributed by atoms with E-state index in [1.807, 2.05) is 214 Å². The lowest BCUT2D eigenvalue weighted by atomic mass is 10.2. The third kappa shape index (κ3) is 51.9. The number of ether oxygens (including phenoxy) is 1. The first-order chi connectivity index (χ1) is 33.0. The number of fused-ring (bicyclic) bond motifs is 1. The second-order valence-corrected chi connectivity index (χ2v) is 73.8. The number of nitrogens with one attached hydrogen (secondary N) is 1. The van der Waals surface area contributed by atoms with Crippen molar-refractivity contribution in [1.29, 1.82) is 0 Å². The fourth-order valence-corrected chi connectivity index (χ4v) is 96.3. The Morgan fingerprint density at radius 2 is 0.855 bits per heavy atom. The normalized spacial score (nSPS) is 8.42. The van der Waals surface area contributed by atoms with Crippen molar-refractivity contribution in [2.45, 2.75) is 21.3 Å². The molecule has 0 aliphatic rings. The molecular weight excluding hydrogens is 1780 g/mol. The van der Waals surface area contributed by atoms with Gasteiger partial charge in [0.2, 0.25) is 5.78 Å². The molecule has 0 fully saturated rings. The van der Waals surface area contributed by atoms with Crippen molar-refractivity contribution >= 4 is 422 Å². The van der Waals surface area contributed by atoms with Crippen molar-refractivity contribution in [3.63, 3.8) is 0 Å². The predicted molar refractivity (Wildman–Crippen MR) is 413 cm³/mol. The Bertz CT molecular complexity index is 3830. The number of halogens is 3. The molecule has 3 aromatic rings. The van der Waals surface area contributed by atoms with Gasteiger partial charge in [-0.25, -0.2) is 9.59 Å². The maximum absolute atomic E-state index is 11.4. The van der Waals surface area contributed by atoms with Gasteiger partial charge in [-0.15, -0.1) is 0 Å². The Hall–Kier alpha value is 6.06. The number of hydrogen-bond acceptors (Lipinski definition) is 7. The number of hydrogen-bond donors (Lipinski definition) is 3. The molecule has 0 saturated carbocycles. The molecule has 396 valence electrons. The summed E-state index contributed by atoms with van der Waals surface area (Å²) in [5.74, 6) is -2.55. The molecule has 0 aliphatic carbocycles. The Labute approximate surface area is 534 Å². The summed E-state index contributed by atoms with van der Waals surface area (Å²) in [5, 5.41) is 9.91. The number of carboxylic acids is 1. The molecule has 0 atom stereocenters. The van der Waals surface area contributed by atoms with E-state index < -0.39 is 11.8 Å². The van der Waals surface area contributed by atoms with Crippen LogP contribution in [0.5, 0.6) is 0 Å². The fourth-order valence-electron chi connectivity index (χ4n) is 2.32. The number of aromatic nitrogens is 1. The molecule has 0 aliphatic heterocycles. The van der Waals surface area contributed by atoms with Gasteiger partial charge in [-0.3, -0.25) is 4.79 Å². The number of anilines is 1. The maximum atomic E-state index is 11.4. The van der Waals surface area contributed by atoms with Gasteiger partial charge in [0.1, 0.15) is 5.69 Å². The molecule has 7 nitrogen and oxygen atoms in total. The van der Waals surface area contributed by atoms with Crippen molar-refractivity contribution in [2.75, 3.05) is 12.3 Å². The summed E-state index contributed by atoms with van der Waals surface area (Å²) in [6.07, 6.45) is 0. The molecule has 0 unspecified atom stereocenters. The summed E-state index contributed by atoms with van der Waals surface area (Å²) >= 11 is 23.2. The van der Waals surface area contributed by atoms with Crippen LogP contribution in [0.4, 0.5) is 5.69 Å². The van der Waals surface area contributed by atoms with E-state index in [1.54, 1.807) is 138 Å². The SMILES string of the molecule is C.CC(=O)C(=O)O.CCOC(=O)c1cc2ccc(Cl)cc2[nH]1.Nc1cc(Cl)ccc1I.S=S=S=S=S=S=S=S=S=S=S=S=S=S=S=S=S=S=S=S=S=S=S=S=S=S=S=S=S=S=S=S=S=S=S=S=S=S. The summed E-state index contributed by atoms with van der Waals surface area (Å²) < 4.78 is 5.92. The molecule has 69 heavy (non-hydrogen) atoms. The van der Waals surface area contributed by atoms with Crippen molar-refractivity contribution in [3.8, 4) is 0 Å². The average molecular weight is 1800 g/mol. The Kier molecular flexibility index (Phi) is 65.6. The number of nitrogens with two attached hydrogens (primary N) is 1. The fraction of sp³-hybridized carbons (Fsp3) is 0.190. The number of H-pyrrole nitrogens is 1. The van der Waals surface area contributed by atoms with Gasteiger partial charge < -0.3 is 20.6 Å². The van der Waals surface area contributed by atoms with E-state index in [9.17, 15) is 14.4 Å². The lowest BCUT2D eigenvalue weighted by molar-refractivity contribution is -0.148. The molecule has 0 radical (unpaired) electrons. The number of aliphatic carboxylic acids is 1. The highest BCUT2D eigenvalue weighted by Crippen LogP contribution is 2.20. The number of carbonyl (C=O) groups excluding carboxylic acids is 2. The van der Waals surface area contributed by atoms with E-state index in [4.69, 9.17) is 61.2 Å².